The van der Waals surface area contributed by atoms with Crippen LogP contribution in [0.3, 0.4) is 0 Å². The lowest BCUT2D eigenvalue weighted by molar-refractivity contribution is 0.895. The molecule has 2 atom stereocenters. The standard InChI is InChI=1S/C42H38S2/c1-3-39(37-29-17-27-35(31-19-9-5-10-20-31)41(37)33-23-13-7-14-24-33)43-44-40(4-2)38-30-18-28-36(32-21-11-6-12-22-32)42(38)34-25-15-8-16-26-34/h5-30,39-40H,3-4H2,1-2H3/t39-,40-/m1/s1. The molecule has 0 spiro atoms. The predicted octanol–water partition coefficient (Wildman–Crippen LogP) is 13.3. The van der Waals surface area contributed by atoms with Gasteiger partial charge < -0.3 is 0 Å². The Morgan fingerprint density at radius 1 is 0.364 bits per heavy atom. The van der Waals surface area contributed by atoms with Crippen LogP contribution in [0.4, 0.5) is 0 Å². The zero-order chi connectivity index (χ0) is 30.1. The van der Waals surface area contributed by atoms with E-state index in [0.29, 0.717) is 10.5 Å². The molecule has 0 aliphatic carbocycles. The van der Waals surface area contributed by atoms with Gasteiger partial charge in [-0.3, -0.25) is 0 Å². The summed E-state index contributed by atoms with van der Waals surface area (Å²) in [7, 11) is 4.07. The molecule has 0 N–H and O–H groups in total. The van der Waals surface area contributed by atoms with Gasteiger partial charge in [0, 0.05) is 10.5 Å². The number of hydrogen-bond donors (Lipinski definition) is 0. The Morgan fingerprint density at radius 2 is 0.682 bits per heavy atom. The van der Waals surface area contributed by atoms with Crippen molar-refractivity contribution in [2.75, 3.05) is 0 Å². The summed E-state index contributed by atoms with van der Waals surface area (Å²) in [5.41, 5.74) is 13.2. The van der Waals surface area contributed by atoms with Crippen LogP contribution in [-0.2, 0) is 0 Å². The normalized spacial score (nSPS) is 12.5. The largest absolute Gasteiger partial charge is 0.0853 e. The highest BCUT2D eigenvalue weighted by Crippen LogP contribution is 2.53. The average molecular weight is 607 g/mol. The minimum Gasteiger partial charge on any atom is -0.0853 e. The molecular formula is C42H38S2. The highest BCUT2D eigenvalue weighted by molar-refractivity contribution is 8.76. The Kier molecular flexibility index (Phi) is 10.0. The summed E-state index contributed by atoms with van der Waals surface area (Å²) in [6, 6.07) is 57.3. The maximum absolute atomic E-state index is 2.35. The van der Waals surface area contributed by atoms with E-state index < -0.39 is 0 Å². The van der Waals surface area contributed by atoms with Crippen molar-refractivity contribution >= 4 is 21.6 Å². The third-order valence-electron chi connectivity index (χ3n) is 8.21. The second-order valence-electron chi connectivity index (χ2n) is 11.0. The van der Waals surface area contributed by atoms with Crippen LogP contribution in [-0.4, -0.2) is 0 Å². The molecule has 0 aliphatic heterocycles. The summed E-state index contributed by atoms with van der Waals surface area (Å²) < 4.78 is 0. The first-order chi connectivity index (χ1) is 21.8. The summed E-state index contributed by atoms with van der Waals surface area (Å²) in [6.45, 7) is 4.66. The van der Waals surface area contributed by atoms with Crippen LogP contribution in [0, 0.1) is 0 Å². The zero-order valence-corrected chi connectivity index (χ0v) is 27.0. The van der Waals surface area contributed by atoms with Gasteiger partial charge in [0.25, 0.3) is 0 Å². The lowest BCUT2D eigenvalue weighted by Gasteiger charge is -2.25. The molecule has 0 bridgehead atoms. The van der Waals surface area contributed by atoms with Crippen LogP contribution in [0.5, 0.6) is 0 Å². The van der Waals surface area contributed by atoms with Crippen molar-refractivity contribution in [2.45, 2.75) is 37.2 Å². The number of hydrogen-bond acceptors (Lipinski definition) is 2. The smallest absolute Gasteiger partial charge is 0.0405 e. The van der Waals surface area contributed by atoms with Gasteiger partial charge in [-0.2, -0.15) is 0 Å². The van der Waals surface area contributed by atoms with Gasteiger partial charge in [0.15, 0.2) is 0 Å². The third kappa shape index (κ3) is 6.58. The lowest BCUT2D eigenvalue weighted by Crippen LogP contribution is -2.00. The number of benzene rings is 6. The van der Waals surface area contributed by atoms with Gasteiger partial charge in [-0.25, -0.2) is 0 Å². The van der Waals surface area contributed by atoms with Crippen LogP contribution in [0.1, 0.15) is 48.3 Å². The lowest BCUT2D eigenvalue weighted by atomic mass is 9.89. The van der Waals surface area contributed by atoms with Crippen LogP contribution >= 0.6 is 21.6 Å². The molecule has 2 heteroatoms. The van der Waals surface area contributed by atoms with E-state index in [-0.39, 0.29) is 0 Å². The Morgan fingerprint density at radius 3 is 1.00 bits per heavy atom. The van der Waals surface area contributed by atoms with Gasteiger partial charge in [-0.1, -0.05) is 193 Å². The molecule has 6 aromatic rings. The molecule has 6 rings (SSSR count). The first-order valence-electron chi connectivity index (χ1n) is 15.6. The Bertz CT molecular complexity index is 1630. The Labute approximate surface area is 271 Å². The van der Waals surface area contributed by atoms with Crippen molar-refractivity contribution in [1.29, 1.82) is 0 Å². The second kappa shape index (κ2) is 14.7. The topological polar surface area (TPSA) is 0 Å². The molecule has 0 unspecified atom stereocenters. The summed E-state index contributed by atoms with van der Waals surface area (Å²) in [5.74, 6) is 0. The average Bonchev–Trinajstić information content (AvgIpc) is 3.11. The molecule has 0 radical (unpaired) electrons. The van der Waals surface area contributed by atoms with Gasteiger partial charge in [0.1, 0.15) is 0 Å². The molecule has 0 heterocycles. The molecule has 0 saturated carbocycles. The molecule has 0 aromatic heterocycles. The molecule has 0 aliphatic rings. The van der Waals surface area contributed by atoms with Crippen molar-refractivity contribution < 1.29 is 0 Å². The van der Waals surface area contributed by atoms with E-state index in [1.807, 2.05) is 21.6 Å². The fraction of sp³-hybridized carbons (Fsp3) is 0.143. The summed E-state index contributed by atoms with van der Waals surface area (Å²) >= 11 is 0. The Balaban J connectivity index is 1.38. The maximum atomic E-state index is 2.35. The fourth-order valence-electron chi connectivity index (χ4n) is 6.06. The van der Waals surface area contributed by atoms with E-state index in [1.54, 1.807) is 0 Å². The fourth-order valence-corrected chi connectivity index (χ4v) is 9.45. The van der Waals surface area contributed by atoms with Gasteiger partial charge in [-0.15, -0.1) is 0 Å². The SMILES string of the molecule is CC[C@@H](SS[C@H](CC)c1cccc(-c2ccccc2)c1-c1ccccc1)c1cccc(-c2ccccc2)c1-c1ccccc1. The molecule has 0 nitrogen and oxygen atoms in total. The van der Waals surface area contributed by atoms with Crippen LogP contribution in [0.25, 0.3) is 44.5 Å². The molecule has 218 valence electrons. The third-order valence-corrected chi connectivity index (χ3v) is 11.7. The van der Waals surface area contributed by atoms with Crippen LogP contribution in [0.2, 0.25) is 0 Å². The van der Waals surface area contributed by atoms with Gasteiger partial charge in [-0.05, 0) is 68.5 Å². The van der Waals surface area contributed by atoms with Gasteiger partial charge in [0.2, 0.25) is 0 Å². The first kappa shape index (κ1) is 30.1. The van der Waals surface area contributed by atoms with E-state index in [1.165, 1.54) is 55.6 Å². The molecule has 0 amide bonds. The minimum atomic E-state index is 0.352. The maximum Gasteiger partial charge on any atom is 0.0405 e. The predicted molar refractivity (Wildman–Crippen MR) is 196 cm³/mol. The quantitative estimate of drug-likeness (QED) is 0.135. The van der Waals surface area contributed by atoms with Crippen molar-refractivity contribution in [1.82, 2.24) is 0 Å². The number of rotatable bonds is 11. The highest BCUT2D eigenvalue weighted by Gasteiger charge is 2.24. The van der Waals surface area contributed by atoms with Crippen molar-refractivity contribution in [2.24, 2.45) is 0 Å². The molecule has 6 aromatic carbocycles. The Hall–Kier alpha value is -3.98. The summed E-state index contributed by atoms with van der Waals surface area (Å²) in [5, 5.41) is 0.704. The van der Waals surface area contributed by atoms with E-state index in [4.69, 9.17) is 0 Å². The highest BCUT2D eigenvalue weighted by atomic mass is 33.1. The van der Waals surface area contributed by atoms with Crippen molar-refractivity contribution in [3.05, 3.63) is 169 Å². The molecule has 0 saturated heterocycles. The van der Waals surface area contributed by atoms with Crippen LogP contribution < -0.4 is 0 Å². The summed E-state index contributed by atoms with van der Waals surface area (Å²) in [6.07, 6.45) is 2.11. The molecular weight excluding hydrogens is 569 g/mol. The van der Waals surface area contributed by atoms with E-state index >= 15 is 0 Å². The van der Waals surface area contributed by atoms with E-state index in [2.05, 4.69) is 172 Å². The van der Waals surface area contributed by atoms with E-state index in [9.17, 15) is 0 Å². The second-order valence-corrected chi connectivity index (χ2v) is 13.7. The zero-order valence-electron chi connectivity index (χ0n) is 25.4. The molecule has 0 fully saturated rings. The molecule has 44 heavy (non-hydrogen) atoms. The monoisotopic (exact) mass is 606 g/mol. The van der Waals surface area contributed by atoms with Gasteiger partial charge in [0.05, 0.1) is 0 Å². The first-order valence-corrected chi connectivity index (χ1v) is 17.9. The van der Waals surface area contributed by atoms with E-state index in [0.717, 1.165) is 12.8 Å². The minimum absolute atomic E-state index is 0.352. The van der Waals surface area contributed by atoms with Crippen LogP contribution in [0.15, 0.2) is 158 Å². The van der Waals surface area contributed by atoms with Crippen molar-refractivity contribution in [3.8, 4) is 44.5 Å². The van der Waals surface area contributed by atoms with Crippen molar-refractivity contribution in [3.63, 3.8) is 0 Å². The van der Waals surface area contributed by atoms with Gasteiger partial charge >= 0.3 is 0 Å². The summed E-state index contributed by atoms with van der Waals surface area (Å²) in [4.78, 5) is 0.